The van der Waals surface area contributed by atoms with Crippen LogP contribution >= 0.6 is 11.3 Å². The Labute approximate surface area is 158 Å². The lowest BCUT2D eigenvalue weighted by atomic mass is 10.2. The number of hydrogen-bond acceptors (Lipinski definition) is 5. The summed E-state index contributed by atoms with van der Waals surface area (Å²) in [5.74, 6) is -0.910. The van der Waals surface area contributed by atoms with Gasteiger partial charge in [0.2, 0.25) is 16.6 Å². The molecular weight excluding hydrogens is 364 g/mol. The molecule has 0 atom stereocenters. The van der Waals surface area contributed by atoms with Gasteiger partial charge in [0, 0.05) is 25.5 Å². The maximum absolute atomic E-state index is 12.5. The van der Waals surface area contributed by atoms with Crippen LogP contribution in [0.25, 0.3) is 10.2 Å². The summed E-state index contributed by atoms with van der Waals surface area (Å²) in [7, 11) is 1.88. The summed E-state index contributed by atoms with van der Waals surface area (Å²) >= 11 is 1.47. The Morgan fingerprint density at radius 1 is 1.07 bits per heavy atom. The minimum absolute atomic E-state index is 0.201. The zero-order chi connectivity index (χ0) is 19.0. The molecule has 0 unspecified atom stereocenters. The summed E-state index contributed by atoms with van der Waals surface area (Å²) in [4.78, 5) is 38.0. The standard InChI is InChI=1S/C19H16N4O3S/c1-22-14-7-2-3-8-15(14)27-19(22)21-20-18(26)12-5-4-6-13(11-12)23-16(24)9-10-17(23)25/h2-8,11H,9-10H2,1H3,(H,20,26). The molecule has 0 bridgehead atoms. The summed E-state index contributed by atoms with van der Waals surface area (Å²) in [6.45, 7) is 0. The number of benzene rings is 2. The van der Waals surface area contributed by atoms with Crippen molar-refractivity contribution in [1.82, 2.24) is 9.99 Å². The smallest absolute Gasteiger partial charge is 0.271 e. The van der Waals surface area contributed by atoms with Crippen LogP contribution in [0, 0.1) is 0 Å². The number of imide groups is 1. The minimum atomic E-state index is -0.409. The van der Waals surface area contributed by atoms with E-state index in [1.807, 2.05) is 35.9 Å². The topological polar surface area (TPSA) is 83.8 Å². The molecule has 8 heteroatoms. The van der Waals surface area contributed by atoms with Crippen LogP contribution in [0.1, 0.15) is 23.2 Å². The number of aryl methyl sites for hydroxylation is 1. The number of rotatable bonds is 3. The Morgan fingerprint density at radius 3 is 2.56 bits per heavy atom. The summed E-state index contributed by atoms with van der Waals surface area (Å²) < 4.78 is 2.97. The van der Waals surface area contributed by atoms with E-state index >= 15 is 0 Å². The number of nitrogens with one attached hydrogen (secondary N) is 1. The zero-order valence-electron chi connectivity index (χ0n) is 14.5. The minimum Gasteiger partial charge on any atom is -0.318 e. The predicted molar refractivity (Wildman–Crippen MR) is 102 cm³/mol. The van der Waals surface area contributed by atoms with Crippen molar-refractivity contribution in [2.75, 3.05) is 4.90 Å². The lowest BCUT2D eigenvalue weighted by Crippen LogP contribution is -2.29. The summed E-state index contributed by atoms with van der Waals surface area (Å²) in [5, 5.41) is 4.21. The maximum atomic E-state index is 12.5. The normalized spacial score (nSPS) is 15.0. The van der Waals surface area contributed by atoms with E-state index in [9.17, 15) is 14.4 Å². The van der Waals surface area contributed by atoms with Crippen LogP contribution in [0.2, 0.25) is 0 Å². The molecule has 1 aliphatic rings. The van der Waals surface area contributed by atoms with Gasteiger partial charge < -0.3 is 4.57 Å². The number of para-hydroxylation sites is 1. The average Bonchev–Trinajstić information content (AvgIpc) is 3.19. The van der Waals surface area contributed by atoms with E-state index in [1.54, 1.807) is 18.2 Å². The van der Waals surface area contributed by atoms with Crippen LogP contribution in [0.3, 0.4) is 0 Å². The number of hydrogen-bond donors (Lipinski definition) is 1. The molecule has 3 aromatic rings. The van der Waals surface area contributed by atoms with E-state index in [1.165, 1.54) is 17.4 Å². The van der Waals surface area contributed by atoms with Gasteiger partial charge in [-0.1, -0.05) is 29.5 Å². The fourth-order valence-electron chi connectivity index (χ4n) is 3.00. The molecular formula is C19H16N4O3S. The van der Waals surface area contributed by atoms with Crippen LogP contribution in [-0.2, 0) is 16.6 Å². The quantitative estimate of drug-likeness (QED) is 0.558. The molecule has 4 rings (SSSR count). The monoisotopic (exact) mass is 380 g/mol. The lowest BCUT2D eigenvalue weighted by molar-refractivity contribution is -0.121. The molecule has 0 aliphatic carbocycles. The van der Waals surface area contributed by atoms with Gasteiger partial charge in [-0.3, -0.25) is 19.3 Å². The molecule has 1 aromatic heterocycles. The van der Waals surface area contributed by atoms with Crippen LogP contribution in [-0.4, -0.2) is 22.3 Å². The average molecular weight is 380 g/mol. The molecule has 1 saturated heterocycles. The Morgan fingerprint density at radius 2 is 1.81 bits per heavy atom. The molecule has 3 amide bonds. The van der Waals surface area contributed by atoms with Crippen LogP contribution in [0.5, 0.6) is 0 Å². The van der Waals surface area contributed by atoms with Gasteiger partial charge >= 0.3 is 0 Å². The third kappa shape index (κ3) is 3.15. The SMILES string of the molecule is Cn1c(=NNC(=O)c2cccc(N3C(=O)CCC3=O)c2)sc2ccccc21. The third-order valence-electron chi connectivity index (χ3n) is 4.39. The van der Waals surface area contributed by atoms with Crippen molar-refractivity contribution in [3.63, 3.8) is 0 Å². The van der Waals surface area contributed by atoms with Crippen molar-refractivity contribution >= 4 is 45.0 Å². The molecule has 0 saturated carbocycles. The van der Waals surface area contributed by atoms with Gasteiger partial charge in [-0.15, -0.1) is 5.10 Å². The molecule has 1 N–H and O–H groups in total. The molecule has 136 valence electrons. The number of aromatic nitrogens is 1. The molecule has 27 heavy (non-hydrogen) atoms. The van der Waals surface area contributed by atoms with Gasteiger partial charge in [-0.2, -0.15) is 0 Å². The Hall–Kier alpha value is -3.26. The first-order valence-corrected chi connectivity index (χ1v) is 9.21. The van der Waals surface area contributed by atoms with Crippen LogP contribution < -0.4 is 15.1 Å². The van der Waals surface area contributed by atoms with Gasteiger partial charge in [-0.25, -0.2) is 5.43 Å². The highest BCUT2D eigenvalue weighted by atomic mass is 32.1. The first-order chi connectivity index (χ1) is 13.0. The number of thiazole rings is 1. The van der Waals surface area contributed by atoms with Crippen LogP contribution in [0.4, 0.5) is 5.69 Å². The lowest BCUT2D eigenvalue weighted by Gasteiger charge is -2.14. The molecule has 0 radical (unpaired) electrons. The summed E-state index contributed by atoms with van der Waals surface area (Å²) in [5.41, 5.74) is 4.31. The fourth-order valence-corrected chi connectivity index (χ4v) is 3.98. The Bertz CT molecular complexity index is 1130. The largest absolute Gasteiger partial charge is 0.318 e. The highest BCUT2D eigenvalue weighted by Crippen LogP contribution is 2.23. The number of carbonyl (C=O) groups excluding carboxylic acids is 3. The third-order valence-corrected chi connectivity index (χ3v) is 5.50. The van der Waals surface area contributed by atoms with Crippen molar-refractivity contribution in [2.45, 2.75) is 12.8 Å². The molecule has 7 nitrogen and oxygen atoms in total. The van der Waals surface area contributed by atoms with E-state index in [0.29, 0.717) is 16.1 Å². The Balaban J connectivity index is 1.60. The van der Waals surface area contributed by atoms with Gasteiger partial charge in [-0.05, 0) is 30.3 Å². The first-order valence-electron chi connectivity index (χ1n) is 8.39. The van der Waals surface area contributed by atoms with Gasteiger partial charge in [0.25, 0.3) is 5.91 Å². The number of anilines is 1. The van der Waals surface area contributed by atoms with Gasteiger partial charge in [0.15, 0.2) is 0 Å². The van der Waals surface area contributed by atoms with E-state index in [4.69, 9.17) is 0 Å². The number of carbonyl (C=O) groups is 3. The molecule has 2 heterocycles. The summed E-state index contributed by atoms with van der Waals surface area (Å²) in [6, 6.07) is 14.3. The van der Waals surface area contributed by atoms with Gasteiger partial charge in [0.1, 0.15) is 0 Å². The first kappa shape index (κ1) is 17.2. The molecule has 1 fully saturated rings. The molecule has 1 aliphatic heterocycles. The number of amides is 3. The second-order valence-electron chi connectivity index (χ2n) is 6.14. The second kappa shape index (κ2) is 6.81. The van der Waals surface area contributed by atoms with Gasteiger partial charge in [0.05, 0.1) is 15.9 Å². The van der Waals surface area contributed by atoms with E-state index in [0.717, 1.165) is 15.1 Å². The molecule has 2 aromatic carbocycles. The van der Waals surface area contributed by atoms with Crippen molar-refractivity contribution in [2.24, 2.45) is 12.1 Å². The van der Waals surface area contributed by atoms with Crippen LogP contribution in [0.15, 0.2) is 53.6 Å². The van der Waals surface area contributed by atoms with E-state index in [2.05, 4.69) is 10.5 Å². The number of fused-ring (bicyclic) bond motifs is 1. The van der Waals surface area contributed by atoms with Crippen molar-refractivity contribution in [3.8, 4) is 0 Å². The van der Waals surface area contributed by atoms with Crippen molar-refractivity contribution in [1.29, 1.82) is 0 Å². The Kier molecular flexibility index (Phi) is 4.33. The fraction of sp³-hybridized carbons (Fsp3) is 0.158. The second-order valence-corrected chi connectivity index (χ2v) is 7.15. The predicted octanol–water partition coefficient (Wildman–Crippen LogP) is 2.14. The van der Waals surface area contributed by atoms with E-state index < -0.39 is 5.91 Å². The zero-order valence-corrected chi connectivity index (χ0v) is 15.3. The van der Waals surface area contributed by atoms with Crippen molar-refractivity contribution in [3.05, 3.63) is 58.9 Å². The number of nitrogens with zero attached hydrogens (tertiary/aromatic N) is 3. The maximum Gasteiger partial charge on any atom is 0.271 e. The van der Waals surface area contributed by atoms with Crippen molar-refractivity contribution < 1.29 is 14.4 Å². The van der Waals surface area contributed by atoms with E-state index in [-0.39, 0.29) is 24.7 Å². The molecule has 0 spiro atoms. The summed E-state index contributed by atoms with van der Waals surface area (Å²) in [6.07, 6.45) is 0.403. The highest BCUT2D eigenvalue weighted by molar-refractivity contribution is 7.16. The highest BCUT2D eigenvalue weighted by Gasteiger charge is 2.30.